The van der Waals surface area contributed by atoms with Crippen LogP contribution in [0.25, 0.3) is 0 Å². The summed E-state index contributed by atoms with van der Waals surface area (Å²) in [7, 11) is 0. The fourth-order valence-corrected chi connectivity index (χ4v) is 3.09. The molecule has 0 amide bonds. The molecule has 0 bridgehead atoms. The Bertz CT molecular complexity index is 511. The summed E-state index contributed by atoms with van der Waals surface area (Å²) >= 11 is 0. The molecule has 1 aromatic carbocycles. The van der Waals surface area contributed by atoms with Crippen LogP contribution in [-0.4, -0.2) is 74.0 Å². The van der Waals surface area contributed by atoms with E-state index in [0.717, 1.165) is 25.7 Å². The van der Waals surface area contributed by atoms with Crippen LogP contribution in [0, 0.1) is 0 Å². The first-order valence-electron chi connectivity index (χ1n) is 11.1. The third kappa shape index (κ3) is 13.6. The second kappa shape index (κ2) is 19.7. The van der Waals surface area contributed by atoms with Gasteiger partial charge in [-0.3, -0.25) is 0 Å². The molecule has 162 valence electrons. The first-order chi connectivity index (χ1) is 13.7. The van der Waals surface area contributed by atoms with Gasteiger partial charge in [-0.05, 0) is 25.0 Å². The van der Waals surface area contributed by atoms with Gasteiger partial charge in [0.15, 0.2) is 0 Å². The van der Waals surface area contributed by atoms with E-state index < -0.39 is 11.9 Å². The molecule has 0 heterocycles. The van der Waals surface area contributed by atoms with Gasteiger partial charge < -0.3 is 9.47 Å². The molecule has 0 N–H and O–H groups in total. The van der Waals surface area contributed by atoms with Crippen LogP contribution in [0.5, 0.6) is 0 Å². The predicted molar refractivity (Wildman–Crippen MR) is 122 cm³/mol. The maximum atomic E-state index is 12.4. The second-order valence-electron chi connectivity index (χ2n) is 7.35. The van der Waals surface area contributed by atoms with Crippen molar-refractivity contribution in [2.24, 2.45) is 0 Å². The maximum absolute atomic E-state index is 12.4. The Kier molecular flexibility index (Phi) is 19.5. The summed E-state index contributed by atoms with van der Waals surface area (Å²) in [6.07, 6.45) is 13.6. The Balaban J connectivity index is 0.00000784. The van der Waals surface area contributed by atoms with E-state index in [1.807, 2.05) is 0 Å². The normalized spacial score (nSPS) is 10.3. The van der Waals surface area contributed by atoms with E-state index in [9.17, 15) is 9.59 Å². The summed E-state index contributed by atoms with van der Waals surface area (Å²) in [5.41, 5.74) is 0.586. The second-order valence-corrected chi connectivity index (χ2v) is 7.35. The van der Waals surface area contributed by atoms with Crippen LogP contribution < -0.4 is 0 Å². The zero-order valence-corrected chi connectivity index (χ0v) is 17.8. The first kappa shape index (κ1) is 28.7. The molecule has 0 unspecified atom stereocenters. The average Bonchev–Trinajstić information content (AvgIpc) is 2.72. The summed E-state index contributed by atoms with van der Waals surface area (Å²) in [6.45, 7) is 5.17. The number of benzene rings is 1. The van der Waals surface area contributed by atoms with E-state index in [0.29, 0.717) is 24.3 Å². The molecule has 0 atom stereocenters. The van der Waals surface area contributed by atoms with Crippen LogP contribution in [0.2, 0.25) is 0 Å². The molecule has 0 aliphatic rings. The van der Waals surface area contributed by atoms with Gasteiger partial charge in [0.05, 0.1) is 24.3 Å². The number of carbonyl (C=O) groups excluding carboxylic acids is 2. The SMILES string of the molecule is CCCCCCCCOC(=O)c1ccccc1C(=O)OCCCCCCCC.[BaH2]. The monoisotopic (exact) mass is 530 g/mol. The van der Waals surface area contributed by atoms with E-state index in [2.05, 4.69) is 13.8 Å². The molecule has 0 radical (unpaired) electrons. The third-order valence-corrected chi connectivity index (χ3v) is 4.83. The van der Waals surface area contributed by atoms with Crippen LogP contribution in [0.1, 0.15) is 112 Å². The van der Waals surface area contributed by atoms with Gasteiger partial charge >= 0.3 is 60.8 Å². The van der Waals surface area contributed by atoms with Crippen LogP contribution >= 0.6 is 0 Å². The molecule has 0 aliphatic carbocycles. The molecule has 29 heavy (non-hydrogen) atoms. The quantitative estimate of drug-likeness (QED) is 0.154. The molecule has 0 aliphatic heterocycles. The Labute approximate surface area is 217 Å². The fourth-order valence-electron chi connectivity index (χ4n) is 3.09. The van der Waals surface area contributed by atoms with E-state index in [4.69, 9.17) is 9.47 Å². The van der Waals surface area contributed by atoms with Crippen LogP contribution in [0.15, 0.2) is 24.3 Å². The number of hydrogen-bond donors (Lipinski definition) is 0. The van der Waals surface area contributed by atoms with Gasteiger partial charge in [0.1, 0.15) is 0 Å². The molecule has 0 fully saturated rings. The van der Waals surface area contributed by atoms with E-state index in [-0.39, 0.29) is 48.9 Å². The number of ether oxygens (including phenoxy) is 2. The van der Waals surface area contributed by atoms with Crippen LogP contribution in [0.4, 0.5) is 0 Å². The average molecular weight is 530 g/mol. The summed E-state index contributed by atoms with van der Waals surface area (Å²) < 4.78 is 10.7. The Morgan fingerprint density at radius 3 is 1.34 bits per heavy atom. The number of carbonyl (C=O) groups is 2. The van der Waals surface area contributed by atoms with E-state index >= 15 is 0 Å². The van der Waals surface area contributed by atoms with Gasteiger partial charge in [0.2, 0.25) is 0 Å². The molecular weight excluding hydrogens is 490 g/mol. The van der Waals surface area contributed by atoms with Crippen molar-refractivity contribution < 1.29 is 19.1 Å². The number of esters is 2. The van der Waals surface area contributed by atoms with Gasteiger partial charge in [-0.2, -0.15) is 0 Å². The van der Waals surface area contributed by atoms with Gasteiger partial charge in [-0.1, -0.05) is 90.2 Å². The summed E-state index contributed by atoms with van der Waals surface area (Å²) in [6, 6.07) is 6.74. The first-order valence-corrected chi connectivity index (χ1v) is 11.1. The van der Waals surface area contributed by atoms with Crippen molar-refractivity contribution in [1.82, 2.24) is 0 Å². The molecule has 0 aromatic heterocycles. The molecular formula is C24H40BaO4. The van der Waals surface area contributed by atoms with Gasteiger partial charge in [0.25, 0.3) is 0 Å². The number of unbranched alkanes of at least 4 members (excludes halogenated alkanes) is 10. The minimum absolute atomic E-state index is 0. The standard InChI is InChI=1S/C24H38O4.Ba.2H/c1-3-5-7-9-11-15-19-27-23(25)21-17-13-14-18-22(21)24(26)28-20-16-12-10-8-6-4-2;;;/h13-14,17-18H,3-12,15-16,19-20H2,1-2H3;;;. The zero-order chi connectivity index (χ0) is 20.5. The van der Waals surface area contributed by atoms with E-state index in [1.54, 1.807) is 24.3 Å². The van der Waals surface area contributed by atoms with Gasteiger partial charge in [-0.25, -0.2) is 9.59 Å². The number of rotatable bonds is 16. The minimum atomic E-state index is -0.444. The number of hydrogen-bond acceptors (Lipinski definition) is 4. The van der Waals surface area contributed by atoms with Crippen molar-refractivity contribution in [1.29, 1.82) is 0 Å². The Hall–Kier alpha value is -0.269. The van der Waals surface area contributed by atoms with Gasteiger partial charge in [-0.15, -0.1) is 0 Å². The van der Waals surface area contributed by atoms with Crippen LogP contribution in [0.3, 0.4) is 0 Å². The Morgan fingerprint density at radius 2 is 0.966 bits per heavy atom. The van der Waals surface area contributed by atoms with Crippen molar-refractivity contribution in [3.8, 4) is 0 Å². The van der Waals surface area contributed by atoms with E-state index in [1.165, 1.54) is 51.4 Å². The molecule has 0 saturated heterocycles. The summed E-state index contributed by atoms with van der Waals surface area (Å²) in [5.74, 6) is -0.888. The van der Waals surface area contributed by atoms with Crippen molar-refractivity contribution in [3.63, 3.8) is 0 Å². The fraction of sp³-hybridized carbons (Fsp3) is 0.667. The summed E-state index contributed by atoms with van der Waals surface area (Å²) in [4.78, 5) is 24.7. The molecule has 4 nitrogen and oxygen atoms in total. The topological polar surface area (TPSA) is 52.6 Å². The molecule has 0 spiro atoms. The molecule has 1 rings (SSSR count). The van der Waals surface area contributed by atoms with Crippen molar-refractivity contribution >= 4 is 60.8 Å². The van der Waals surface area contributed by atoms with Crippen molar-refractivity contribution in [2.75, 3.05) is 13.2 Å². The molecule has 0 saturated carbocycles. The zero-order valence-electron chi connectivity index (χ0n) is 17.8. The Morgan fingerprint density at radius 1 is 0.621 bits per heavy atom. The summed E-state index contributed by atoms with van der Waals surface area (Å²) in [5, 5.41) is 0. The van der Waals surface area contributed by atoms with Crippen molar-refractivity contribution in [2.45, 2.75) is 90.9 Å². The predicted octanol–water partition coefficient (Wildman–Crippen LogP) is 5.81. The van der Waals surface area contributed by atoms with Crippen molar-refractivity contribution in [3.05, 3.63) is 35.4 Å². The molecule has 1 aromatic rings. The van der Waals surface area contributed by atoms with Crippen LogP contribution in [-0.2, 0) is 9.47 Å². The molecule has 5 heteroatoms. The third-order valence-electron chi connectivity index (χ3n) is 4.83. The van der Waals surface area contributed by atoms with Gasteiger partial charge in [0, 0.05) is 0 Å².